The molecule has 0 aliphatic heterocycles. The van der Waals surface area contributed by atoms with Crippen molar-refractivity contribution in [2.75, 3.05) is 14.2 Å². The third-order valence-electron chi connectivity index (χ3n) is 4.52. The average molecular weight is 696 g/mol. The molecule has 0 saturated carbocycles. The maximum Gasteiger partial charge on any atom is 0.275 e. The number of hydrogen-bond donors (Lipinski definition) is 1. The van der Waals surface area contributed by atoms with Crippen LogP contribution in [0.25, 0.3) is 0 Å². The highest BCUT2D eigenvalue weighted by atomic mass is 79.9. The van der Waals surface area contributed by atoms with Crippen LogP contribution in [0.4, 0.5) is 0 Å². The van der Waals surface area contributed by atoms with E-state index in [0.29, 0.717) is 47.4 Å². The fraction of sp³-hybridized carbons (Fsp3) is 0.130. The van der Waals surface area contributed by atoms with E-state index in [-0.39, 0.29) is 6.61 Å². The molecule has 1 N–H and O–H groups in total. The van der Waals surface area contributed by atoms with Crippen LogP contribution in [-0.2, 0) is 6.61 Å². The Morgan fingerprint density at radius 1 is 0.971 bits per heavy atom. The Labute approximate surface area is 231 Å². The van der Waals surface area contributed by atoms with Gasteiger partial charge in [0.25, 0.3) is 5.91 Å². The summed E-state index contributed by atoms with van der Waals surface area (Å²) in [4.78, 5) is 12.6. The molecule has 0 bridgehead atoms. The molecule has 0 heterocycles. The van der Waals surface area contributed by atoms with Crippen LogP contribution in [0.3, 0.4) is 0 Å². The van der Waals surface area contributed by atoms with Crippen molar-refractivity contribution >= 4 is 83.1 Å². The van der Waals surface area contributed by atoms with Crippen molar-refractivity contribution in [3.05, 3.63) is 82.6 Å². The lowest BCUT2D eigenvalue weighted by Gasteiger charge is -2.15. The molecule has 0 aliphatic carbocycles. The first kappa shape index (κ1) is 26.8. The van der Waals surface area contributed by atoms with Gasteiger partial charge in [-0.05, 0) is 73.8 Å². The van der Waals surface area contributed by atoms with E-state index in [1.165, 1.54) is 20.4 Å². The molecule has 0 spiro atoms. The Kier molecular flexibility index (Phi) is 9.67. The quantitative estimate of drug-likeness (QED) is 0.194. The van der Waals surface area contributed by atoms with Gasteiger partial charge in [0.05, 0.1) is 40.5 Å². The average Bonchev–Trinajstić information content (AvgIpc) is 2.83. The molecule has 0 atom stereocenters. The number of carbonyl (C=O) groups is 1. The lowest BCUT2D eigenvalue weighted by atomic mass is 10.2. The fourth-order valence-electron chi connectivity index (χ4n) is 2.85. The van der Waals surface area contributed by atoms with Crippen molar-refractivity contribution in [1.29, 1.82) is 0 Å². The van der Waals surface area contributed by atoms with Gasteiger partial charge >= 0.3 is 0 Å². The molecule has 0 aliphatic rings. The highest BCUT2D eigenvalue weighted by Crippen LogP contribution is 2.42. The van der Waals surface area contributed by atoms with E-state index in [1.54, 1.807) is 36.4 Å². The molecule has 34 heavy (non-hydrogen) atoms. The summed E-state index contributed by atoms with van der Waals surface area (Å²) < 4.78 is 18.7. The number of rotatable bonds is 8. The predicted octanol–water partition coefficient (Wildman–Crippen LogP) is 7.64. The first-order chi connectivity index (χ1) is 16.2. The molecule has 0 aromatic heterocycles. The van der Waals surface area contributed by atoms with Crippen LogP contribution < -0.4 is 19.6 Å². The normalized spacial score (nSPS) is 10.9. The molecule has 0 fully saturated rings. The minimum Gasteiger partial charge on any atom is -0.496 e. The van der Waals surface area contributed by atoms with Gasteiger partial charge in [0, 0.05) is 14.5 Å². The van der Waals surface area contributed by atoms with Crippen LogP contribution in [0.1, 0.15) is 21.5 Å². The molecule has 1 amide bonds. The van der Waals surface area contributed by atoms with Crippen LogP contribution in [0.5, 0.6) is 17.2 Å². The molecule has 11 heteroatoms. The van der Waals surface area contributed by atoms with Gasteiger partial charge in [-0.3, -0.25) is 4.79 Å². The van der Waals surface area contributed by atoms with Crippen molar-refractivity contribution in [1.82, 2.24) is 5.43 Å². The summed E-state index contributed by atoms with van der Waals surface area (Å²) in [5.74, 6) is 0.972. The zero-order valence-corrected chi connectivity index (χ0v) is 24.1. The zero-order chi connectivity index (χ0) is 24.8. The fourth-order valence-corrected chi connectivity index (χ4v) is 4.47. The SMILES string of the molecule is COc1ccc(Br)cc1C(=O)N/N=C\c1cc(OC)c(OCc2ccc(Cl)c(Cl)c2)c(Br)c1Br. The number of methoxy groups -OCH3 is 2. The summed E-state index contributed by atoms with van der Waals surface area (Å²) in [6, 6.07) is 12.1. The Bertz CT molecular complexity index is 1260. The monoisotopic (exact) mass is 692 g/mol. The van der Waals surface area contributed by atoms with Crippen LogP contribution in [0.15, 0.2) is 61.0 Å². The molecule has 0 saturated heterocycles. The number of ether oxygens (including phenoxy) is 3. The number of nitrogens with one attached hydrogen (secondary N) is 1. The van der Waals surface area contributed by atoms with Crippen LogP contribution in [-0.4, -0.2) is 26.3 Å². The number of benzene rings is 3. The highest BCUT2D eigenvalue weighted by molar-refractivity contribution is 9.13. The van der Waals surface area contributed by atoms with Crippen LogP contribution in [0, 0.1) is 0 Å². The number of nitrogens with zero attached hydrogens (tertiary/aromatic N) is 1. The number of amides is 1. The second-order valence-corrected chi connectivity index (χ2v) is 10.0. The smallest absolute Gasteiger partial charge is 0.275 e. The molecule has 3 aromatic rings. The van der Waals surface area contributed by atoms with Gasteiger partial charge in [-0.25, -0.2) is 5.43 Å². The number of hydrogen-bond acceptors (Lipinski definition) is 5. The van der Waals surface area contributed by atoms with Crippen molar-refractivity contribution in [3.8, 4) is 17.2 Å². The van der Waals surface area contributed by atoms with Gasteiger partial charge in [-0.2, -0.15) is 5.10 Å². The van der Waals surface area contributed by atoms with Crippen LogP contribution in [0.2, 0.25) is 10.0 Å². The summed E-state index contributed by atoms with van der Waals surface area (Å²) in [5, 5.41) is 4.99. The van der Waals surface area contributed by atoms with Crippen molar-refractivity contribution in [2.24, 2.45) is 5.10 Å². The third-order valence-corrected chi connectivity index (χ3v) is 7.89. The van der Waals surface area contributed by atoms with Crippen molar-refractivity contribution in [2.45, 2.75) is 6.61 Å². The topological polar surface area (TPSA) is 69.2 Å². The maximum absolute atomic E-state index is 12.6. The summed E-state index contributed by atoms with van der Waals surface area (Å²) in [7, 11) is 3.03. The lowest BCUT2D eigenvalue weighted by molar-refractivity contribution is 0.0952. The van der Waals surface area contributed by atoms with E-state index in [0.717, 1.165) is 10.0 Å². The van der Waals surface area contributed by atoms with Gasteiger partial charge in [0.2, 0.25) is 0 Å². The van der Waals surface area contributed by atoms with E-state index in [9.17, 15) is 4.79 Å². The molecule has 6 nitrogen and oxygen atoms in total. The van der Waals surface area contributed by atoms with E-state index in [2.05, 4.69) is 58.3 Å². The summed E-state index contributed by atoms with van der Waals surface area (Å²) >= 11 is 22.5. The summed E-state index contributed by atoms with van der Waals surface area (Å²) in [6.07, 6.45) is 1.49. The Morgan fingerprint density at radius 3 is 2.38 bits per heavy atom. The van der Waals surface area contributed by atoms with Crippen molar-refractivity contribution < 1.29 is 19.0 Å². The summed E-state index contributed by atoms with van der Waals surface area (Å²) in [5.41, 5.74) is 4.34. The lowest BCUT2D eigenvalue weighted by Crippen LogP contribution is -2.18. The van der Waals surface area contributed by atoms with Gasteiger partial charge in [0.15, 0.2) is 11.5 Å². The van der Waals surface area contributed by atoms with E-state index in [4.69, 9.17) is 37.4 Å². The third kappa shape index (κ3) is 6.46. The second kappa shape index (κ2) is 12.3. The molecule has 3 rings (SSSR count). The predicted molar refractivity (Wildman–Crippen MR) is 145 cm³/mol. The first-order valence-corrected chi connectivity index (χ1v) is 12.7. The number of hydrazone groups is 1. The first-order valence-electron chi connectivity index (χ1n) is 9.54. The number of carbonyl (C=O) groups excluding carboxylic acids is 1. The maximum atomic E-state index is 12.6. The largest absolute Gasteiger partial charge is 0.496 e. The molecule has 3 aromatic carbocycles. The van der Waals surface area contributed by atoms with Gasteiger partial charge in [0.1, 0.15) is 12.4 Å². The Hall–Kier alpha value is -1.78. The van der Waals surface area contributed by atoms with Crippen molar-refractivity contribution in [3.63, 3.8) is 0 Å². The molecule has 0 unspecified atom stereocenters. The van der Waals surface area contributed by atoms with Gasteiger partial charge < -0.3 is 14.2 Å². The summed E-state index contributed by atoms with van der Waals surface area (Å²) in [6.45, 7) is 0.246. The minimum atomic E-state index is -0.418. The minimum absolute atomic E-state index is 0.246. The van der Waals surface area contributed by atoms with E-state index < -0.39 is 5.91 Å². The number of halogens is 5. The Morgan fingerprint density at radius 2 is 1.71 bits per heavy atom. The molecular weight excluding hydrogens is 679 g/mol. The highest BCUT2D eigenvalue weighted by Gasteiger charge is 2.17. The molecule has 178 valence electrons. The zero-order valence-electron chi connectivity index (χ0n) is 17.8. The van der Waals surface area contributed by atoms with Crippen LogP contribution >= 0.6 is 71.0 Å². The molecular formula is C23H17Br3Cl2N2O4. The van der Waals surface area contributed by atoms with Gasteiger partial charge in [-0.1, -0.05) is 45.2 Å². The van der Waals surface area contributed by atoms with E-state index >= 15 is 0 Å². The Balaban J connectivity index is 1.78. The van der Waals surface area contributed by atoms with Gasteiger partial charge in [-0.15, -0.1) is 0 Å². The second-order valence-electron chi connectivity index (χ2n) is 6.71. The standard InChI is InChI=1S/C23H17Br3Cl2N2O4/c1-32-18-6-4-14(24)9-15(18)23(31)30-29-10-13-8-19(33-2)22(21(26)20(13)25)34-11-12-3-5-16(27)17(28)7-12/h3-10H,11H2,1-2H3,(H,30,31)/b29-10-. The van der Waals surface area contributed by atoms with E-state index in [1.807, 2.05) is 6.07 Å². The molecule has 0 radical (unpaired) electrons.